The number of nitrogens with zero attached hydrogens (tertiary/aromatic N) is 1. The average molecular weight is 272 g/mol. The Hall–Kier alpha value is -1.45. The van der Waals surface area contributed by atoms with Crippen molar-refractivity contribution in [3.05, 3.63) is 42.1 Å². The zero-order valence-corrected chi connectivity index (χ0v) is 12.6. The van der Waals surface area contributed by atoms with Gasteiger partial charge >= 0.3 is 0 Å². The predicted molar refractivity (Wildman–Crippen MR) is 83.9 cm³/mol. The molecule has 0 aliphatic rings. The summed E-state index contributed by atoms with van der Waals surface area (Å²) in [6.45, 7) is 5.23. The summed E-state index contributed by atoms with van der Waals surface area (Å²) in [4.78, 5) is 4.57. The molecule has 0 saturated carbocycles. The summed E-state index contributed by atoms with van der Waals surface area (Å²) in [6, 6.07) is 10.6. The van der Waals surface area contributed by atoms with Crippen LogP contribution in [0.2, 0.25) is 0 Å². The van der Waals surface area contributed by atoms with Crippen LogP contribution in [0.1, 0.15) is 38.3 Å². The molecular formula is C17H24N2O. The number of rotatable bonds is 7. The number of ether oxygens (including phenoxy) is 1. The number of para-hydroxylation sites is 1. The zero-order valence-electron chi connectivity index (χ0n) is 12.6. The largest absolute Gasteiger partial charge is 0.379 e. The standard InChI is InChI=1S/C17H24N2O/c1-4-8-15(20-3)17(18-5-2)14-11-6-9-13-10-7-12-19-16(13)14/h6-7,9-12,15,17-18H,4-5,8H2,1-3H3. The van der Waals surface area contributed by atoms with Crippen LogP contribution >= 0.6 is 0 Å². The van der Waals surface area contributed by atoms with Gasteiger partial charge in [0, 0.05) is 18.7 Å². The lowest BCUT2D eigenvalue weighted by Crippen LogP contribution is -2.33. The molecule has 0 bridgehead atoms. The van der Waals surface area contributed by atoms with Crippen molar-refractivity contribution in [2.24, 2.45) is 0 Å². The van der Waals surface area contributed by atoms with E-state index in [2.05, 4.69) is 48.4 Å². The van der Waals surface area contributed by atoms with Crippen LogP contribution in [0.5, 0.6) is 0 Å². The minimum Gasteiger partial charge on any atom is -0.379 e. The molecule has 1 heterocycles. The third-order valence-corrected chi connectivity index (χ3v) is 3.67. The molecule has 1 aromatic heterocycles. The monoisotopic (exact) mass is 272 g/mol. The maximum atomic E-state index is 5.72. The fourth-order valence-corrected chi connectivity index (χ4v) is 2.75. The first-order valence-corrected chi connectivity index (χ1v) is 7.41. The second-order valence-electron chi connectivity index (χ2n) is 5.02. The minimum atomic E-state index is 0.174. The lowest BCUT2D eigenvalue weighted by Gasteiger charge is -2.27. The molecule has 0 fully saturated rings. The van der Waals surface area contributed by atoms with Gasteiger partial charge in [-0.05, 0) is 24.6 Å². The molecule has 2 aromatic rings. The maximum absolute atomic E-state index is 5.72. The summed E-state index contributed by atoms with van der Waals surface area (Å²) >= 11 is 0. The molecule has 20 heavy (non-hydrogen) atoms. The van der Waals surface area contributed by atoms with Gasteiger partial charge in [0.1, 0.15) is 0 Å². The zero-order chi connectivity index (χ0) is 14.4. The molecule has 3 heteroatoms. The Morgan fingerprint density at radius 3 is 2.70 bits per heavy atom. The summed E-state index contributed by atoms with van der Waals surface area (Å²) in [6.07, 6.45) is 4.18. The van der Waals surface area contributed by atoms with Crippen molar-refractivity contribution in [1.29, 1.82) is 0 Å². The Kier molecular flexibility index (Phi) is 5.50. The summed E-state index contributed by atoms with van der Waals surface area (Å²) in [5.41, 5.74) is 2.30. The average Bonchev–Trinajstić information content (AvgIpc) is 2.50. The first-order chi connectivity index (χ1) is 9.81. The van der Waals surface area contributed by atoms with Gasteiger partial charge in [0.25, 0.3) is 0 Å². The molecule has 3 nitrogen and oxygen atoms in total. The van der Waals surface area contributed by atoms with E-state index in [1.165, 1.54) is 10.9 Å². The summed E-state index contributed by atoms with van der Waals surface area (Å²) in [5.74, 6) is 0. The number of pyridine rings is 1. The second-order valence-corrected chi connectivity index (χ2v) is 5.02. The van der Waals surface area contributed by atoms with E-state index in [0.29, 0.717) is 0 Å². The number of hydrogen-bond acceptors (Lipinski definition) is 3. The molecule has 1 N–H and O–H groups in total. The van der Waals surface area contributed by atoms with E-state index in [9.17, 15) is 0 Å². The molecule has 2 unspecified atom stereocenters. The van der Waals surface area contributed by atoms with Crippen molar-refractivity contribution in [2.75, 3.05) is 13.7 Å². The van der Waals surface area contributed by atoms with Crippen LogP contribution in [-0.2, 0) is 4.74 Å². The van der Waals surface area contributed by atoms with Gasteiger partial charge in [-0.1, -0.05) is 44.5 Å². The van der Waals surface area contributed by atoms with Gasteiger partial charge in [-0.15, -0.1) is 0 Å². The Labute approximate surface area is 121 Å². The molecule has 0 aliphatic carbocycles. The van der Waals surface area contributed by atoms with Gasteiger partial charge in [-0.25, -0.2) is 0 Å². The van der Waals surface area contributed by atoms with Crippen molar-refractivity contribution in [3.8, 4) is 0 Å². The molecule has 2 rings (SSSR count). The second kappa shape index (κ2) is 7.36. The quantitative estimate of drug-likeness (QED) is 0.834. The third-order valence-electron chi connectivity index (χ3n) is 3.67. The van der Waals surface area contributed by atoms with Crippen molar-refractivity contribution < 1.29 is 4.74 Å². The van der Waals surface area contributed by atoms with E-state index in [-0.39, 0.29) is 12.1 Å². The number of aromatic nitrogens is 1. The molecule has 2 atom stereocenters. The van der Waals surface area contributed by atoms with Crippen molar-refractivity contribution in [2.45, 2.75) is 38.8 Å². The number of likely N-dealkylation sites (N-methyl/N-ethyl adjacent to an activating group) is 1. The topological polar surface area (TPSA) is 34.1 Å². The van der Waals surface area contributed by atoms with Crippen LogP contribution in [-0.4, -0.2) is 24.7 Å². The molecule has 0 saturated heterocycles. The number of hydrogen-bond donors (Lipinski definition) is 1. The Bertz CT molecular complexity index is 536. The molecular weight excluding hydrogens is 248 g/mol. The lowest BCUT2D eigenvalue weighted by molar-refractivity contribution is 0.0615. The van der Waals surface area contributed by atoms with Crippen LogP contribution in [0.25, 0.3) is 10.9 Å². The van der Waals surface area contributed by atoms with Crippen LogP contribution in [0, 0.1) is 0 Å². The number of fused-ring (bicyclic) bond motifs is 1. The van der Waals surface area contributed by atoms with Crippen LogP contribution in [0.3, 0.4) is 0 Å². The first kappa shape index (κ1) is 14.9. The molecule has 1 aromatic carbocycles. The Balaban J connectivity index is 2.45. The van der Waals surface area contributed by atoms with E-state index in [0.717, 1.165) is 24.9 Å². The molecule has 0 spiro atoms. The SMILES string of the molecule is CCCC(OC)C(NCC)c1cccc2cccnc12. The number of benzene rings is 1. The summed E-state index contributed by atoms with van der Waals surface area (Å²) in [5, 5.41) is 4.74. The number of nitrogens with one attached hydrogen (secondary N) is 1. The molecule has 0 aliphatic heterocycles. The number of methoxy groups -OCH3 is 1. The van der Waals surface area contributed by atoms with Crippen LogP contribution < -0.4 is 5.32 Å². The third kappa shape index (κ3) is 3.17. The van der Waals surface area contributed by atoms with Gasteiger partial charge in [0.2, 0.25) is 0 Å². The Morgan fingerprint density at radius 2 is 2.00 bits per heavy atom. The van der Waals surface area contributed by atoms with Crippen molar-refractivity contribution >= 4 is 10.9 Å². The summed E-state index contributed by atoms with van der Waals surface area (Å²) in [7, 11) is 1.79. The highest BCUT2D eigenvalue weighted by Crippen LogP contribution is 2.27. The molecule has 0 radical (unpaired) electrons. The highest BCUT2D eigenvalue weighted by molar-refractivity contribution is 5.82. The fraction of sp³-hybridized carbons (Fsp3) is 0.471. The van der Waals surface area contributed by atoms with E-state index in [1.54, 1.807) is 7.11 Å². The molecule has 0 amide bonds. The highest BCUT2D eigenvalue weighted by Gasteiger charge is 2.23. The van der Waals surface area contributed by atoms with Crippen molar-refractivity contribution in [3.63, 3.8) is 0 Å². The van der Waals surface area contributed by atoms with E-state index >= 15 is 0 Å². The fourth-order valence-electron chi connectivity index (χ4n) is 2.75. The van der Waals surface area contributed by atoms with Crippen molar-refractivity contribution in [1.82, 2.24) is 10.3 Å². The van der Waals surface area contributed by atoms with Gasteiger partial charge in [-0.3, -0.25) is 4.98 Å². The lowest BCUT2D eigenvalue weighted by atomic mass is 9.95. The van der Waals surface area contributed by atoms with Gasteiger partial charge in [-0.2, -0.15) is 0 Å². The molecule has 108 valence electrons. The maximum Gasteiger partial charge on any atom is 0.0766 e. The highest BCUT2D eigenvalue weighted by atomic mass is 16.5. The predicted octanol–water partition coefficient (Wildman–Crippen LogP) is 3.70. The van der Waals surface area contributed by atoms with Crippen LogP contribution in [0.4, 0.5) is 0 Å². The van der Waals surface area contributed by atoms with E-state index < -0.39 is 0 Å². The summed E-state index contributed by atoms with van der Waals surface area (Å²) < 4.78 is 5.72. The minimum absolute atomic E-state index is 0.174. The van der Waals surface area contributed by atoms with E-state index in [1.807, 2.05) is 12.3 Å². The van der Waals surface area contributed by atoms with Gasteiger partial charge in [0.15, 0.2) is 0 Å². The normalized spacial score (nSPS) is 14.3. The first-order valence-electron chi connectivity index (χ1n) is 7.41. The smallest absolute Gasteiger partial charge is 0.0766 e. The van der Waals surface area contributed by atoms with Gasteiger partial charge < -0.3 is 10.1 Å². The van der Waals surface area contributed by atoms with Crippen LogP contribution in [0.15, 0.2) is 36.5 Å². The van der Waals surface area contributed by atoms with Gasteiger partial charge in [0.05, 0.1) is 17.7 Å². The van der Waals surface area contributed by atoms with E-state index in [4.69, 9.17) is 4.74 Å². The Morgan fingerprint density at radius 1 is 1.20 bits per heavy atom.